The molecular formula is C23H18N4O4S. The van der Waals surface area contributed by atoms with Gasteiger partial charge in [0.2, 0.25) is 0 Å². The van der Waals surface area contributed by atoms with Crippen LogP contribution in [0.25, 0.3) is 11.9 Å². The van der Waals surface area contributed by atoms with E-state index in [4.69, 9.17) is 12.2 Å². The number of carboxylic acids is 1. The molecule has 0 spiro atoms. The first kappa shape index (κ1) is 21.1. The molecule has 32 heavy (non-hydrogen) atoms. The van der Waals surface area contributed by atoms with Gasteiger partial charge in [-0.15, -0.1) is 0 Å². The number of pyridine rings is 1. The number of nitrogens with one attached hydrogen (secondary N) is 1. The van der Waals surface area contributed by atoms with Crippen molar-refractivity contribution in [3.8, 4) is 5.82 Å². The smallest absolute Gasteiger partial charge is 0.335 e. The lowest BCUT2D eigenvalue weighted by molar-refractivity contribution is -0.122. The Morgan fingerprint density at radius 3 is 2.59 bits per heavy atom. The van der Waals surface area contributed by atoms with E-state index in [0.29, 0.717) is 5.56 Å². The molecule has 4 rings (SSSR count). The van der Waals surface area contributed by atoms with Crippen molar-refractivity contribution in [2.45, 2.75) is 13.8 Å². The van der Waals surface area contributed by atoms with E-state index in [0.717, 1.165) is 22.1 Å². The van der Waals surface area contributed by atoms with E-state index < -0.39 is 17.8 Å². The van der Waals surface area contributed by atoms with Crippen LogP contribution in [0.15, 0.2) is 60.3 Å². The van der Waals surface area contributed by atoms with Crippen LogP contribution >= 0.6 is 12.2 Å². The van der Waals surface area contributed by atoms with Crippen LogP contribution in [0.4, 0.5) is 5.69 Å². The summed E-state index contributed by atoms with van der Waals surface area (Å²) in [5.74, 6) is -1.67. The standard InChI is InChI=1S/C23H18N4O4S/c1-13-10-16(14(2)26(13)19-8-3-4-9-24-19)12-18-20(28)25-23(32)27(21(18)29)17-7-5-6-15(11-17)22(30)31/h3-12H,1-2H3,(H,30,31)(H,25,28,32). The van der Waals surface area contributed by atoms with Crippen molar-refractivity contribution in [2.75, 3.05) is 4.90 Å². The monoisotopic (exact) mass is 446 g/mol. The van der Waals surface area contributed by atoms with Crippen molar-refractivity contribution in [2.24, 2.45) is 0 Å². The lowest BCUT2D eigenvalue weighted by Gasteiger charge is -2.29. The predicted octanol–water partition coefficient (Wildman–Crippen LogP) is 3.02. The van der Waals surface area contributed by atoms with E-state index in [2.05, 4.69) is 10.3 Å². The summed E-state index contributed by atoms with van der Waals surface area (Å²) in [5.41, 5.74) is 2.52. The molecule has 0 radical (unpaired) electrons. The quantitative estimate of drug-likeness (QED) is 0.363. The molecule has 3 heterocycles. The average molecular weight is 446 g/mol. The molecule has 0 saturated carbocycles. The van der Waals surface area contributed by atoms with Gasteiger partial charge in [0.05, 0.1) is 11.3 Å². The molecule has 1 fully saturated rings. The van der Waals surface area contributed by atoms with Gasteiger partial charge in [0, 0.05) is 17.6 Å². The SMILES string of the molecule is Cc1cc(C=C2C(=O)NC(=S)N(c3cccc(C(=O)O)c3)C2=O)c(C)n1-c1ccccn1. The van der Waals surface area contributed by atoms with Crippen LogP contribution in [0.3, 0.4) is 0 Å². The Bertz CT molecular complexity index is 1310. The maximum atomic E-state index is 13.2. The first-order valence-electron chi connectivity index (χ1n) is 9.63. The molecule has 8 nitrogen and oxygen atoms in total. The van der Waals surface area contributed by atoms with Gasteiger partial charge in [0.15, 0.2) is 5.11 Å². The number of amides is 2. The van der Waals surface area contributed by atoms with Crippen LogP contribution < -0.4 is 10.2 Å². The van der Waals surface area contributed by atoms with Crippen LogP contribution in [0.2, 0.25) is 0 Å². The van der Waals surface area contributed by atoms with Crippen molar-refractivity contribution >= 4 is 46.9 Å². The van der Waals surface area contributed by atoms with E-state index in [-0.39, 0.29) is 21.9 Å². The zero-order valence-electron chi connectivity index (χ0n) is 17.2. The maximum absolute atomic E-state index is 13.2. The van der Waals surface area contributed by atoms with E-state index >= 15 is 0 Å². The first-order valence-corrected chi connectivity index (χ1v) is 10.0. The van der Waals surface area contributed by atoms with E-state index in [1.54, 1.807) is 12.3 Å². The number of benzene rings is 1. The topological polar surface area (TPSA) is 105 Å². The molecule has 1 aliphatic rings. The number of nitrogens with zero attached hydrogens (tertiary/aromatic N) is 3. The summed E-state index contributed by atoms with van der Waals surface area (Å²) in [5, 5.41) is 11.7. The number of carboxylic acid groups (broad SMARTS) is 1. The Hall–Kier alpha value is -4.11. The average Bonchev–Trinajstić information content (AvgIpc) is 3.04. The number of aromatic carboxylic acids is 1. The van der Waals surface area contributed by atoms with Gasteiger partial charge in [-0.2, -0.15) is 0 Å². The molecule has 0 aliphatic carbocycles. The highest BCUT2D eigenvalue weighted by Crippen LogP contribution is 2.26. The molecule has 1 aliphatic heterocycles. The molecule has 160 valence electrons. The fraction of sp³-hybridized carbons (Fsp3) is 0.0870. The van der Waals surface area contributed by atoms with Gasteiger partial charge in [-0.3, -0.25) is 19.8 Å². The number of carbonyl (C=O) groups is 3. The van der Waals surface area contributed by atoms with Crippen LogP contribution in [-0.4, -0.2) is 37.6 Å². The third-order valence-corrected chi connectivity index (χ3v) is 5.39. The van der Waals surface area contributed by atoms with Crippen molar-refractivity contribution in [1.29, 1.82) is 0 Å². The van der Waals surface area contributed by atoms with E-state index in [1.807, 2.05) is 42.7 Å². The summed E-state index contributed by atoms with van der Waals surface area (Å²) in [6.45, 7) is 3.78. The number of aromatic nitrogens is 2. The minimum Gasteiger partial charge on any atom is -0.478 e. The molecule has 0 unspecified atom stereocenters. The highest BCUT2D eigenvalue weighted by molar-refractivity contribution is 7.80. The second-order valence-electron chi connectivity index (χ2n) is 7.16. The summed E-state index contributed by atoms with van der Waals surface area (Å²) in [7, 11) is 0. The maximum Gasteiger partial charge on any atom is 0.335 e. The fourth-order valence-electron chi connectivity index (χ4n) is 3.60. The first-order chi connectivity index (χ1) is 15.3. The van der Waals surface area contributed by atoms with E-state index in [1.165, 1.54) is 24.3 Å². The number of rotatable bonds is 4. The summed E-state index contributed by atoms with van der Waals surface area (Å²) in [6, 6.07) is 13.2. The molecule has 1 saturated heterocycles. The number of carbonyl (C=O) groups excluding carboxylic acids is 2. The fourth-order valence-corrected chi connectivity index (χ4v) is 3.88. The molecule has 1 aromatic carbocycles. The Morgan fingerprint density at radius 2 is 1.91 bits per heavy atom. The highest BCUT2D eigenvalue weighted by Gasteiger charge is 2.35. The molecular weight excluding hydrogens is 428 g/mol. The molecule has 0 atom stereocenters. The Morgan fingerprint density at radius 1 is 1.12 bits per heavy atom. The third-order valence-electron chi connectivity index (χ3n) is 5.10. The molecule has 2 amide bonds. The van der Waals surface area contributed by atoms with Crippen LogP contribution in [0.5, 0.6) is 0 Å². The second kappa shape index (κ2) is 8.20. The number of aryl methyl sites for hydroxylation is 1. The van der Waals surface area contributed by atoms with Gasteiger partial charge in [-0.05, 0) is 74.1 Å². The van der Waals surface area contributed by atoms with E-state index in [9.17, 15) is 19.5 Å². The molecule has 9 heteroatoms. The molecule has 2 aromatic heterocycles. The second-order valence-corrected chi connectivity index (χ2v) is 7.55. The Kier molecular flexibility index (Phi) is 5.41. The Labute approximate surface area is 188 Å². The van der Waals surface area contributed by atoms with Crippen LogP contribution in [-0.2, 0) is 9.59 Å². The number of hydrogen-bond donors (Lipinski definition) is 2. The normalized spacial score (nSPS) is 15.2. The predicted molar refractivity (Wildman–Crippen MR) is 123 cm³/mol. The van der Waals surface area contributed by atoms with Crippen molar-refractivity contribution in [1.82, 2.24) is 14.9 Å². The number of thiocarbonyl (C=S) groups is 1. The summed E-state index contributed by atoms with van der Waals surface area (Å²) in [6.07, 6.45) is 3.20. The summed E-state index contributed by atoms with van der Waals surface area (Å²) >= 11 is 5.19. The zero-order valence-corrected chi connectivity index (χ0v) is 18.0. The summed E-state index contributed by atoms with van der Waals surface area (Å²) < 4.78 is 1.93. The Balaban J connectivity index is 1.76. The minimum absolute atomic E-state index is 0.000522. The molecule has 0 bridgehead atoms. The van der Waals surface area contributed by atoms with Crippen molar-refractivity contribution < 1.29 is 19.5 Å². The third kappa shape index (κ3) is 3.69. The highest BCUT2D eigenvalue weighted by atomic mass is 32.1. The van der Waals surface area contributed by atoms with Gasteiger partial charge < -0.3 is 9.67 Å². The van der Waals surface area contributed by atoms with Gasteiger partial charge in [-0.25, -0.2) is 9.78 Å². The number of hydrogen-bond acceptors (Lipinski definition) is 5. The zero-order chi connectivity index (χ0) is 23.0. The van der Waals surface area contributed by atoms with Crippen molar-refractivity contribution in [3.05, 3.63) is 82.8 Å². The van der Waals surface area contributed by atoms with Crippen molar-refractivity contribution in [3.63, 3.8) is 0 Å². The largest absolute Gasteiger partial charge is 0.478 e. The number of anilines is 1. The van der Waals surface area contributed by atoms with Gasteiger partial charge in [-0.1, -0.05) is 12.1 Å². The van der Waals surface area contributed by atoms with Gasteiger partial charge in [0.25, 0.3) is 11.8 Å². The van der Waals surface area contributed by atoms with Crippen LogP contribution in [0.1, 0.15) is 27.3 Å². The lowest BCUT2D eigenvalue weighted by Crippen LogP contribution is -2.54. The van der Waals surface area contributed by atoms with Gasteiger partial charge in [0.1, 0.15) is 11.4 Å². The lowest BCUT2D eigenvalue weighted by atomic mass is 10.1. The van der Waals surface area contributed by atoms with Gasteiger partial charge >= 0.3 is 5.97 Å². The van der Waals surface area contributed by atoms with Crippen LogP contribution in [0, 0.1) is 13.8 Å². The summed E-state index contributed by atoms with van der Waals surface area (Å²) in [4.78, 5) is 42.7. The molecule has 3 aromatic rings. The molecule has 2 N–H and O–H groups in total. The minimum atomic E-state index is -1.14.